The number of hydrogen-bond acceptors (Lipinski definition) is 6. The number of rotatable bonds is 7. The molecule has 1 saturated heterocycles. The molecular formula is C18H25NO6. The molecule has 138 valence electrons. The van der Waals surface area contributed by atoms with Gasteiger partial charge < -0.3 is 18.9 Å². The molecule has 1 heterocycles. The molecule has 0 aromatic heterocycles. The van der Waals surface area contributed by atoms with Crippen LogP contribution in [-0.4, -0.2) is 55.7 Å². The first kappa shape index (κ1) is 19.2. The molecule has 0 saturated carbocycles. The van der Waals surface area contributed by atoms with E-state index in [9.17, 15) is 9.59 Å². The Morgan fingerprint density at radius 1 is 1.28 bits per heavy atom. The third-order valence-electron chi connectivity index (χ3n) is 3.96. The van der Waals surface area contributed by atoms with Crippen molar-refractivity contribution in [3.8, 4) is 0 Å². The average molecular weight is 351 g/mol. The van der Waals surface area contributed by atoms with Gasteiger partial charge in [-0.05, 0) is 19.4 Å². The molecule has 3 atom stereocenters. The molecule has 2 rings (SSSR count). The second-order valence-electron chi connectivity index (χ2n) is 5.75. The van der Waals surface area contributed by atoms with E-state index < -0.39 is 24.4 Å². The summed E-state index contributed by atoms with van der Waals surface area (Å²) < 4.78 is 21.2. The highest BCUT2D eigenvalue weighted by molar-refractivity contribution is 5.82. The standard InChI is InChI=1S/C18H25NO6/c1-4-23-13(2)25-15-10-16(17(20)22-3)19(11-15)18(21)24-12-14-8-6-5-7-9-14/h5-9,13,15-16H,4,10-12H2,1-3H3/t13?,15-,16+/m1/s1. The van der Waals surface area contributed by atoms with Crippen molar-refractivity contribution in [2.45, 2.75) is 45.3 Å². The zero-order chi connectivity index (χ0) is 18.2. The van der Waals surface area contributed by atoms with Gasteiger partial charge in [0, 0.05) is 13.0 Å². The van der Waals surface area contributed by atoms with Gasteiger partial charge in [0.2, 0.25) is 0 Å². The highest BCUT2D eigenvalue weighted by Gasteiger charge is 2.42. The lowest BCUT2D eigenvalue weighted by Crippen LogP contribution is -2.41. The Labute approximate surface area is 147 Å². The predicted molar refractivity (Wildman–Crippen MR) is 89.7 cm³/mol. The van der Waals surface area contributed by atoms with E-state index in [4.69, 9.17) is 18.9 Å². The summed E-state index contributed by atoms with van der Waals surface area (Å²) in [6.45, 7) is 4.58. The van der Waals surface area contributed by atoms with Crippen molar-refractivity contribution in [2.24, 2.45) is 0 Å². The lowest BCUT2D eigenvalue weighted by atomic mass is 10.2. The number of methoxy groups -OCH3 is 1. The number of nitrogens with zero attached hydrogens (tertiary/aromatic N) is 1. The molecule has 1 unspecified atom stereocenters. The Bertz CT molecular complexity index is 564. The monoisotopic (exact) mass is 351 g/mol. The zero-order valence-electron chi connectivity index (χ0n) is 14.8. The topological polar surface area (TPSA) is 74.3 Å². The van der Waals surface area contributed by atoms with Gasteiger partial charge in [-0.15, -0.1) is 0 Å². The maximum absolute atomic E-state index is 12.4. The van der Waals surface area contributed by atoms with Gasteiger partial charge in [0.15, 0.2) is 6.29 Å². The van der Waals surface area contributed by atoms with Crippen LogP contribution in [0.1, 0.15) is 25.8 Å². The van der Waals surface area contributed by atoms with Gasteiger partial charge in [0.1, 0.15) is 12.6 Å². The minimum absolute atomic E-state index is 0.144. The number of esters is 1. The Morgan fingerprint density at radius 3 is 2.64 bits per heavy atom. The van der Waals surface area contributed by atoms with E-state index in [1.807, 2.05) is 37.3 Å². The first-order valence-electron chi connectivity index (χ1n) is 8.37. The fraction of sp³-hybridized carbons (Fsp3) is 0.556. The molecule has 1 amide bonds. The maximum Gasteiger partial charge on any atom is 0.410 e. The third kappa shape index (κ3) is 5.44. The molecule has 7 heteroatoms. The molecule has 25 heavy (non-hydrogen) atoms. The quantitative estimate of drug-likeness (QED) is 0.554. The van der Waals surface area contributed by atoms with Crippen molar-refractivity contribution in [3.05, 3.63) is 35.9 Å². The highest BCUT2D eigenvalue weighted by Crippen LogP contribution is 2.24. The predicted octanol–water partition coefficient (Wildman–Crippen LogP) is 2.34. The first-order valence-corrected chi connectivity index (χ1v) is 8.37. The number of carbonyl (C=O) groups is 2. The number of likely N-dealkylation sites (tertiary alicyclic amines) is 1. The number of amides is 1. The van der Waals surface area contributed by atoms with E-state index in [2.05, 4.69) is 0 Å². The molecular weight excluding hydrogens is 326 g/mol. The number of benzene rings is 1. The minimum Gasteiger partial charge on any atom is -0.467 e. The summed E-state index contributed by atoms with van der Waals surface area (Å²) in [6.07, 6.45) is -0.928. The Kier molecular flexibility index (Phi) is 7.21. The normalized spacial score (nSPS) is 21.0. The molecule has 1 aliphatic rings. The summed E-state index contributed by atoms with van der Waals surface area (Å²) in [5.74, 6) is -0.480. The Hall–Kier alpha value is -2.12. The molecule has 0 radical (unpaired) electrons. The second kappa shape index (κ2) is 9.39. The van der Waals surface area contributed by atoms with Crippen molar-refractivity contribution in [1.82, 2.24) is 4.90 Å². The highest BCUT2D eigenvalue weighted by atomic mass is 16.7. The van der Waals surface area contributed by atoms with Crippen LogP contribution in [0, 0.1) is 0 Å². The molecule has 1 fully saturated rings. The second-order valence-corrected chi connectivity index (χ2v) is 5.75. The summed E-state index contributed by atoms with van der Waals surface area (Å²) in [7, 11) is 1.30. The lowest BCUT2D eigenvalue weighted by Gasteiger charge is -2.22. The fourth-order valence-corrected chi connectivity index (χ4v) is 2.80. The summed E-state index contributed by atoms with van der Waals surface area (Å²) in [6, 6.07) is 8.65. The first-order chi connectivity index (χ1) is 12.0. The summed E-state index contributed by atoms with van der Waals surface area (Å²) in [5.41, 5.74) is 0.877. The number of ether oxygens (including phenoxy) is 4. The summed E-state index contributed by atoms with van der Waals surface area (Å²) in [5, 5.41) is 0. The van der Waals surface area contributed by atoms with Crippen LogP contribution in [0.5, 0.6) is 0 Å². The molecule has 7 nitrogen and oxygen atoms in total. The number of carbonyl (C=O) groups excluding carboxylic acids is 2. The molecule has 1 aliphatic heterocycles. The minimum atomic E-state index is -0.716. The zero-order valence-corrected chi connectivity index (χ0v) is 14.8. The van der Waals surface area contributed by atoms with Crippen molar-refractivity contribution < 1.29 is 28.5 Å². The van der Waals surface area contributed by atoms with Crippen LogP contribution in [0.25, 0.3) is 0 Å². The van der Waals surface area contributed by atoms with Crippen molar-refractivity contribution in [1.29, 1.82) is 0 Å². The Balaban J connectivity index is 1.97. The molecule has 1 aromatic carbocycles. The SMILES string of the molecule is CCOC(C)O[C@@H]1C[C@@H](C(=O)OC)N(C(=O)OCc2ccccc2)C1. The van der Waals surface area contributed by atoms with Crippen LogP contribution in [-0.2, 0) is 30.3 Å². The van der Waals surface area contributed by atoms with Crippen molar-refractivity contribution in [2.75, 3.05) is 20.3 Å². The van der Waals surface area contributed by atoms with Crippen LogP contribution in [0.2, 0.25) is 0 Å². The van der Waals surface area contributed by atoms with Crippen LogP contribution in [0.4, 0.5) is 4.79 Å². The van der Waals surface area contributed by atoms with Crippen LogP contribution in [0.15, 0.2) is 30.3 Å². The fourth-order valence-electron chi connectivity index (χ4n) is 2.80. The van der Waals surface area contributed by atoms with Gasteiger partial charge in [-0.2, -0.15) is 0 Å². The van der Waals surface area contributed by atoms with E-state index in [1.54, 1.807) is 6.92 Å². The summed E-state index contributed by atoms with van der Waals surface area (Å²) in [4.78, 5) is 25.8. The molecule has 0 N–H and O–H groups in total. The third-order valence-corrected chi connectivity index (χ3v) is 3.96. The smallest absolute Gasteiger partial charge is 0.410 e. The van der Waals surface area contributed by atoms with E-state index in [0.29, 0.717) is 13.0 Å². The van der Waals surface area contributed by atoms with Crippen molar-refractivity contribution in [3.63, 3.8) is 0 Å². The molecule has 1 aromatic rings. The summed E-state index contributed by atoms with van der Waals surface area (Å²) >= 11 is 0. The van der Waals surface area contributed by atoms with Gasteiger partial charge in [-0.1, -0.05) is 30.3 Å². The van der Waals surface area contributed by atoms with Gasteiger partial charge in [0.25, 0.3) is 0 Å². The van der Waals surface area contributed by atoms with Crippen molar-refractivity contribution >= 4 is 12.1 Å². The van der Waals surface area contributed by atoms with E-state index in [-0.39, 0.29) is 19.3 Å². The van der Waals surface area contributed by atoms with Crippen LogP contribution < -0.4 is 0 Å². The molecule has 0 spiro atoms. The Morgan fingerprint density at radius 2 is 2.00 bits per heavy atom. The molecule has 0 aliphatic carbocycles. The van der Waals surface area contributed by atoms with Gasteiger partial charge >= 0.3 is 12.1 Å². The lowest BCUT2D eigenvalue weighted by molar-refractivity contribution is -0.155. The van der Waals surface area contributed by atoms with Crippen LogP contribution in [0.3, 0.4) is 0 Å². The number of hydrogen-bond donors (Lipinski definition) is 0. The largest absolute Gasteiger partial charge is 0.467 e. The average Bonchev–Trinajstić information content (AvgIpc) is 3.03. The van der Waals surface area contributed by atoms with Crippen LogP contribution >= 0.6 is 0 Å². The van der Waals surface area contributed by atoms with E-state index in [1.165, 1.54) is 12.0 Å². The van der Waals surface area contributed by atoms with Gasteiger partial charge in [0.05, 0.1) is 19.8 Å². The van der Waals surface area contributed by atoms with E-state index in [0.717, 1.165) is 5.56 Å². The van der Waals surface area contributed by atoms with Gasteiger partial charge in [-0.3, -0.25) is 4.90 Å². The molecule has 0 bridgehead atoms. The van der Waals surface area contributed by atoms with Gasteiger partial charge in [-0.25, -0.2) is 9.59 Å². The maximum atomic E-state index is 12.4. The van der Waals surface area contributed by atoms with E-state index >= 15 is 0 Å².